The lowest BCUT2D eigenvalue weighted by molar-refractivity contribution is 0.176. The molecule has 100 valence electrons. The number of hydrogen-bond donors (Lipinski definition) is 1. The van der Waals surface area contributed by atoms with Gasteiger partial charge in [0.25, 0.3) is 0 Å². The molecule has 1 N–H and O–H groups in total. The average molecular weight is 259 g/mol. The summed E-state index contributed by atoms with van der Waals surface area (Å²) in [7, 11) is 0. The van der Waals surface area contributed by atoms with Gasteiger partial charge in [-0.1, -0.05) is 6.92 Å². The zero-order valence-electron chi connectivity index (χ0n) is 10.2. The van der Waals surface area contributed by atoms with E-state index in [1.165, 1.54) is 0 Å². The summed E-state index contributed by atoms with van der Waals surface area (Å²) in [6, 6.07) is 1.20. The van der Waals surface area contributed by atoms with Gasteiger partial charge in [0.1, 0.15) is 5.82 Å². The molecule has 0 aliphatic carbocycles. The second-order valence-corrected chi connectivity index (χ2v) is 4.45. The third-order valence-corrected chi connectivity index (χ3v) is 3.24. The normalized spacial score (nSPS) is 21.2. The lowest BCUT2D eigenvalue weighted by Gasteiger charge is -2.24. The van der Waals surface area contributed by atoms with Crippen LogP contribution < -0.4 is 5.32 Å². The van der Waals surface area contributed by atoms with Gasteiger partial charge >= 0.3 is 0 Å². The summed E-state index contributed by atoms with van der Waals surface area (Å²) >= 11 is 0. The van der Waals surface area contributed by atoms with Crippen molar-refractivity contribution < 1.29 is 17.9 Å². The lowest BCUT2D eigenvalue weighted by atomic mass is 9.91. The maximum absolute atomic E-state index is 13.8. The molecule has 0 radical (unpaired) electrons. The van der Waals surface area contributed by atoms with Crippen LogP contribution in [-0.2, 0) is 4.74 Å². The molecular formula is C13H16F3NO. The van der Waals surface area contributed by atoms with Gasteiger partial charge in [-0.05, 0) is 19.0 Å². The standard InChI is InChI=1S/C13H16F3NO/c1-2-17-13(8-3-4-18-7-8)9-5-11(15)12(16)6-10(9)14/h5-6,8,13,17H,2-4,7H2,1H3. The van der Waals surface area contributed by atoms with Crippen molar-refractivity contribution in [2.75, 3.05) is 19.8 Å². The highest BCUT2D eigenvalue weighted by Gasteiger charge is 2.29. The first-order valence-corrected chi connectivity index (χ1v) is 6.09. The van der Waals surface area contributed by atoms with E-state index in [1.54, 1.807) is 0 Å². The number of nitrogens with one attached hydrogen (secondary N) is 1. The highest BCUT2D eigenvalue weighted by atomic mass is 19.2. The van der Waals surface area contributed by atoms with Crippen LogP contribution in [0.15, 0.2) is 12.1 Å². The fourth-order valence-electron chi connectivity index (χ4n) is 2.34. The van der Waals surface area contributed by atoms with Crippen molar-refractivity contribution in [1.82, 2.24) is 5.32 Å². The van der Waals surface area contributed by atoms with Crippen molar-refractivity contribution >= 4 is 0 Å². The first-order chi connectivity index (χ1) is 8.63. The summed E-state index contributed by atoms with van der Waals surface area (Å²) in [6.07, 6.45) is 0.788. The second kappa shape index (κ2) is 5.71. The largest absolute Gasteiger partial charge is 0.381 e. The number of halogens is 3. The highest BCUT2D eigenvalue weighted by molar-refractivity contribution is 5.24. The maximum Gasteiger partial charge on any atom is 0.161 e. The molecule has 2 unspecified atom stereocenters. The van der Waals surface area contributed by atoms with Crippen LogP contribution in [-0.4, -0.2) is 19.8 Å². The molecule has 0 amide bonds. The molecule has 18 heavy (non-hydrogen) atoms. The predicted octanol–water partition coefficient (Wildman–Crippen LogP) is 2.79. The Balaban J connectivity index is 2.32. The van der Waals surface area contributed by atoms with Crippen molar-refractivity contribution in [3.05, 3.63) is 35.1 Å². The van der Waals surface area contributed by atoms with Crippen molar-refractivity contribution in [3.63, 3.8) is 0 Å². The van der Waals surface area contributed by atoms with Crippen molar-refractivity contribution in [2.24, 2.45) is 5.92 Å². The van der Waals surface area contributed by atoms with E-state index in [0.717, 1.165) is 12.5 Å². The van der Waals surface area contributed by atoms with Gasteiger partial charge in [0.05, 0.1) is 6.61 Å². The molecule has 0 bridgehead atoms. The Morgan fingerprint density at radius 2 is 2.00 bits per heavy atom. The van der Waals surface area contributed by atoms with Crippen LogP contribution in [0.2, 0.25) is 0 Å². The van der Waals surface area contributed by atoms with Crippen LogP contribution in [0.5, 0.6) is 0 Å². The molecule has 1 heterocycles. The lowest BCUT2D eigenvalue weighted by Crippen LogP contribution is -2.29. The van der Waals surface area contributed by atoms with Gasteiger partial charge < -0.3 is 10.1 Å². The minimum Gasteiger partial charge on any atom is -0.381 e. The molecule has 1 fully saturated rings. The molecule has 5 heteroatoms. The van der Waals surface area contributed by atoms with Crippen LogP contribution in [0.25, 0.3) is 0 Å². The van der Waals surface area contributed by atoms with E-state index in [-0.39, 0.29) is 17.5 Å². The van der Waals surface area contributed by atoms with Crippen LogP contribution >= 0.6 is 0 Å². The van der Waals surface area contributed by atoms with Crippen LogP contribution in [0.4, 0.5) is 13.2 Å². The molecule has 2 rings (SSSR count). The molecule has 1 aliphatic rings. The summed E-state index contributed by atoms with van der Waals surface area (Å²) in [5.74, 6) is -2.81. The third-order valence-electron chi connectivity index (χ3n) is 3.24. The van der Waals surface area contributed by atoms with Crippen molar-refractivity contribution in [3.8, 4) is 0 Å². The summed E-state index contributed by atoms with van der Waals surface area (Å²) in [5, 5.41) is 3.12. The Hall–Kier alpha value is -1.07. The number of rotatable bonds is 4. The van der Waals surface area contributed by atoms with Gasteiger partial charge in [0.15, 0.2) is 11.6 Å². The Labute approximate surface area is 104 Å². The number of benzene rings is 1. The van der Waals surface area contributed by atoms with Crippen LogP contribution in [0.3, 0.4) is 0 Å². The zero-order valence-corrected chi connectivity index (χ0v) is 10.2. The number of ether oxygens (including phenoxy) is 1. The second-order valence-electron chi connectivity index (χ2n) is 4.45. The molecule has 2 nitrogen and oxygen atoms in total. The SMILES string of the molecule is CCNC(c1cc(F)c(F)cc1F)C1CCOC1. The molecule has 0 saturated carbocycles. The minimum atomic E-state index is -1.16. The zero-order chi connectivity index (χ0) is 13.1. The smallest absolute Gasteiger partial charge is 0.161 e. The van der Waals surface area contributed by atoms with Gasteiger partial charge in [0, 0.05) is 30.2 Å². The van der Waals surface area contributed by atoms with Crippen LogP contribution in [0.1, 0.15) is 24.9 Å². The third kappa shape index (κ3) is 2.67. The highest BCUT2D eigenvalue weighted by Crippen LogP contribution is 2.31. The first kappa shape index (κ1) is 13.4. The Morgan fingerprint density at radius 3 is 2.61 bits per heavy atom. The van der Waals surface area contributed by atoms with Crippen LogP contribution in [0, 0.1) is 23.4 Å². The summed E-state index contributed by atoms with van der Waals surface area (Å²) in [5.41, 5.74) is 0.172. The topological polar surface area (TPSA) is 21.3 Å². The Bertz CT molecular complexity index is 419. The molecule has 1 aliphatic heterocycles. The van der Waals surface area contributed by atoms with Gasteiger partial charge in [-0.2, -0.15) is 0 Å². The van der Waals surface area contributed by atoms with Gasteiger partial charge in [-0.3, -0.25) is 0 Å². The molecule has 1 aromatic rings. The maximum atomic E-state index is 13.8. The summed E-state index contributed by atoms with van der Waals surface area (Å²) in [6.45, 7) is 3.65. The van der Waals surface area contributed by atoms with E-state index in [4.69, 9.17) is 4.74 Å². The Morgan fingerprint density at radius 1 is 1.28 bits per heavy atom. The predicted molar refractivity (Wildman–Crippen MR) is 61.7 cm³/mol. The van der Waals surface area contributed by atoms with E-state index in [0.29, 0.717) is 25.8 Å². The number of hydrogen-bond acceptors (Lipinski definition) is 2. The van der Waals surface area contributed by atoms with Crippen molar-refractivity contribution in [2.45, 2.75) is 19.4 Å². The summed E-state index contributed by atoms with van der Waals surface area (Å²) < 4.78 is 45.2. The molecule has 0 aromatic heterocycles. The molecule has 1 aromatic carbocycles. The van der Waals surface area contributed by atoms with Gasteiger partial charge in [0.2, 0.25) is 0 Å². The van der Waals surface area contributed by atoms with E-state index >= 15 is 0 Å². The van der Waals surface area contributed by atoms with E-state index < -0.39 is 17.5 Å². The van der Waals surface area contributed by atoms with Gasteiger partial charge in [-0.15, -0.1) is 0 Å². The minimum absolute atomic E-state index is 0.0873. The van der Waals surface area contributed by atoms with E-state index in [1.807, 2.05) is 6.92 Å². The molecular weight excluding hydrogens is 243 g/mol. The first-order valence-electron chi connectivity index (χ1n) is 6.09. The molecule has 0 spiro atoms. The average Bonchev–Trinajstić information content (AvgIpc) is 2.85. The van der Waals surface area contributed by atoms with E-state index in [9.17, 15) is 13.2 Å². The fraction of sp³-hybridized carbons (Fsp3) is 0.538. The summed E-state index contributed by atoms with van der Waals surface area (Å²) in [4.78, 5) is 0. The molecule has 1 saturated heterocycles. The van der Waals surface area contributed by atoms with E-state index in [2.05, 4.69) is 5.32 Å². The monoisotopic (exact) mass is 259 g/mol. The fourth-order valence-corrected chi connectivity index (χ4v) is 2.34. The Kier molecular flexibility index (Phi) is 4.24. The van der Waals surface area contributed by atoms with Gasteiger partial charge in [-0.25, -0.2) is 13.2 Å². The van der Waals surface area contributed by atoms with Crippen molar-refractivity contribution in [1.29, 1.82) is 0 Å². The molecule has 2 atom stereocenters. The quantitative estimate of drug-likeness (QED) is 0.839.